The van der Waals surface area contributed by atoms with Crippen LogP contribution in [0.15, 0.2) is 64.8 Å². The number of nitrogens with zero attached hydrogens (tertiary/aromatic N) is 5. The van der Waals surface area contributed by atoms with Gasteiger partial charge in [0.15, 0.2) is 11.7 Å². The van der Waals surface area contributed by atoms with Gasteiger partial charge in [0.25, 0.3) is 5.65 Å². The highest BCUT2D eigenvalue weighted by Crippen LogP contribution is 2.23. The molecule has 0 spiro atoms. The first kappa shape index (κ1) is 21.4. The number of para-hydroxylation sites is 2. The molecule has 2 aromatic carbocycles. The Morgan fingerprint density at radius 2 is 1.82 bits per heavy atom. The number of carbonyl (C=O) groups is 1. The maximum atomic E-state index is 13.3. The van der Waals surface area contributed by atoms with Crippen LogP contribution in [0.4, 0.5) is 0 Å². The number of aromatic nitrogens is 5. The highest BCUT2D eigenvalue weighted by atomic mass is 16.5. The Labute approximate surface area is 193 Å². The van der Waals surface area contributed by atoms with E-state index < -0.39 is 5.97 Å². The number of hydrogen-bond acceptors (Lipinski definition) is 7. The quantitative estimate of drug-likeness (QED) is 0.285. The molecule has 34 heavy (non-hydrogen) atoms. The molecule has 0 atom stereocenters. The third-order valence-electron chi connectivity index (χ3n) is 5.46. The second-order valence-electron chi connectivity index (χ2n) is 7.54. The van der Waals surface area contributed by atoms with Crippen LogP contribution >= 0.6 is 0 Å². The summed E-state index contributed by atoms with van der Waals surface area (Å²) < 4.78 is 13.0. The van der Waals surface area contributed by atoms with Crippen molar-refractivity contribution >= 4 is 45.4 Å². The molecular weight excluding hydrogens is 436 g/mol. The van der Waals surface area contributed by atoms with Crippen LogP contribution in [0.1, 0.15) is 15.9 Å². The van der Waals surface area contributed by atoms with Crippen molar-refractivity contribution in [2.45, 2.75) is 6.54 Å². The van der Waals surface area contributed by atoms with Gasteiger partial charge in [-0.2, -0.15) is 0 Å². The molecule has 0 aliphatic rings. The molecule has 5 aromatic rings. The molecule has 0 radical (unpaired) electrons. The minimum atomic E-state index is -0.410. The number of carbonyl (C=O) groups excluding carboxylic acids is 1. The standard InChI is InChI=1S/C24H20N6O4/c1-33-12-11-29-14-25-21-19(23(29)31)20-22(28-18-6-4-3-5-17(18)27-20)30(21)26-13-15-7-9-16(10-8-15)24(32)34-2/h3-10,13-14H,11-12H2,1-2H3/p+1/b26-13+. The summed E-state index contributed by atoms with van der Waals surface area (Å²) in [4.78, 5) is 37.6. The predicted octanol–water partition coefficient (Wildman–Crippen LogP) is 2.03. The number of esters is 1. The summed E-state index contributed by atoms with van der Waals surface area (Å²) >= 11 is 0. The van der Waals surface area contributed by atoms with Gasteiger partial charge >= 0.3 is 11.5 Å². The minimum absolute atomic E-state index is 0.211. The lowest BCUT2D eigenvalue weighted by atomic mass is 10.1. The van der Waals surface area contributed by atoms with Crippen molar-refractivity contribution in [3.05, 3.63) is 76.3 Å². The molecule has 10 nitrogen and oxygen atoms in total. The molecule has 10 heteroatoms. The second kappa shape index (κ2) is 8.83. The van der Waals surface area contributed by atoms with Crippen molar-refractivity contribution < 1.29 is 19.3 Å². The molecule has 5 rings (SSSR count). The third-order valence-corrected chi connectivity index (χ3v) is 5.46. The lowest BCUT2D eigenvalue weighted by Crippen LogP contribution is -2.28. The zero-order chi connectivity index (χ0) is 23.7. The molecule has 3 aromatic heterocycles. The number of methoxy groups -OCH3 is 2. The summed E-state index contributed by atoms with van der Waals surface area (Å²) in [5, 5.41) is 4.99. The Balaban J connectivity index is 1.70. The van der Waals surface area contributed by atoms with E-state index >= 15 is 0 Å². The van der Waals surface area contributed by atoms with Crippen LogP contribution in [0.25, 0.3) is 33.2 Å². The van der Waals surface area contributed by atoms with Crippen molar-refractivity contribution in [3.63, 3.8) is 0 Å². The molecular formula is C24H21N6O4+. The van der Waals surface area contributed by atoms with Crippen molar-refractivity contribution in [2.75, 3.05) is 20.8 Å². The van der Waals surface area contributed by atoms with Gasteiger partial charge in [0, 0.05) is 7.11 Å². The van der Waals surface area contributed by atoms with E-state index in [0.29, 0.717) is 51.9 Å². The third kappa shape index (κ3) is 3.69. The van der Waals surface area contributed by atoms with Gasteiger partial charge in [-0.3, -0.25) is 0 Å². The summed E-state index contributed by atoms with van der Waals surface area (Å²) in [5.74, 6) is -0.410. The maximum Gasteiger partial charge on any atom is 0.337 e. The summed E-state index contributed by atoms with van der Waals surface area (Å²) in [6.07, 6.45) is 3.22. The van der Waals surface area contributed by atoms with Gasteiger partial charge in [-0.1, -0.05) is 24.3 Å². The molecule has 1 N–H and O–H groups in total. The van der Waals surface area contributed by atoms with Crippen LogP contribution in [-0.4, -0.2) is 52.2 Å². The molecule has 0 bridgehead atoms. The fourth-order valence-corrected chi connectivity index (χ4v) is 3.72. The average Bonchev–Trinajstić information content (AvgIpc) is 3.18. The highest BCUT2D eigenvalue weighted by Gasteiger charge is 2.24. The van der Waals surface area contributed by atoms with Crippen LogP contribution in [-0.2, 0) is 16.0 Å². The van der Waals surface area contributed by atoms with E-state index in [2.05, 4.69) is 10.1 Å². The maximum absolute atomic E-state index is 13.3. The Morgan fingerprint density at radius 1 is 1.09 bits per heavy atom. The number of rotatable bonds is 6. The molecule has 0 aliphatic heterocycles. The fourth-order valence-electron chi connectivity index (χ4n) is 3.72. The van der Waals surface area contributed by atoms with Crippen LogP contribution in [0.2, 0.25) is 0 Å². The van der Waals surface area contributed by atoms with Gasteiger partial charge < -0.3 is 9.47 Å². The average molecular weight is 457 g/mol. The first-order valence-corrected chi connectivity index (χ1v) is 10.5. The van der Waals surface area contributed by atoms with Crippen LogP contribution in [0, 0.1) is 0 Å². The van der Waals surface area contributed by atoms with Crippen molar-refractivity contribution in [2.24, 2.45) is 5.10 Å². The molecule has 0 fully saturated rings. The summed E-state index contributed by atoms with van der Waals surface area (Å²) in [7, 11) is 2.92. The SMILES string of the molecule is COCCn1c[nH+]c2c(c1=O)c1nc3ccccc3nc1n2/N=C/c1ccc(C(=O)OC)cc1. The lowest BCUT2D eigenvalue weighted by molar-refractivity contribution is -0.357. The largest absolute Gasteiger partial charge is 0.465 e. The summed E-state index contributed by atoms with van der Waals surface area (Å²) in [6.45, 7) is 0.789. The number of nitrogens with one attached hydrogen (secondary N) is 1. The van der Waals surface area contributed by atoms with E-state index in [0.717, 1.165) is 5.56 Å². The Bertz CT molecular complexity index is 1620. The topological polar surface area (TPSA) is 115 Å². The highest BCUT2D eigenvalue weighted by molar-refractivity contribution is 6.03. The zero-order valence-corrected chi connectivity index (χ0v) is 18.6. The van der Waals surface area contributed by atoms with E-state index in [4.69, 9.17) is 19.4 Å². The van der Waals surface area contributed by atoms with Gasteiger partial charge in [-0.15, -0.1) is 9.78 Å². The van der Waals surface area contributed by atoms with Gasteiger partial charge in [0.1, 0.15) is 5.52 Å². The zero-order valence-electron chi connectivity index (χ0n) is 18.6. The fraction of sp³-hybridized carbons (Fsp3) is 0.167. The van der Waals surface area contributed by atoms with Crippen LogP contribution < -0.4 is 10.5 Å². The van der Waals surface area contributed by atoms with Gasteiger partial charge in [0.2, 0.25) is 5.65 Å². The van der Waals surface area contributed by atoms with E-state index in [-0.39, 0.29) is 5.56 Å². The number of fused-ring (bicyclic) bond motifs is 4. The van der Waals surface area contributed by atoms with Crippen molar-refractivity contribution in [1.29, 1.82) is 0 Å². The number of benzene rings is 2. The molecule has 0 aliphatic carbocycles. The Morgan fingerprint density at radius 3 is 2.53 bits per heavy atom. The van der Waals surface area contributed by atoms with E-state index in [9.17, 15) is 9.59 Å². The van der Waals surface area contributed by atoms with Crippen LogP contribution in [0.3, 0.4) is 0 Å². The van der Waals surface area contributed by atoms with Gasteiger partial charge in [0.05, 0.1) is 43.1 Å². The Hall–Kier alpha value is -4.44. The number of H-pyrrole nitrogens is 1. The van der Waals surface area contributed by atoms with Gasteiger partial charge in [-0.25, -0.2) is 29.1 Å². The number of hydrogen-bond donors (Lipinski definition) is 0. The molecule has 3 heterocycles. The molecule has 0 amide bonds. The van der Waals surface area contributed by atoms with Crippen molar-refractivity contribution in [1.82, 2.24) is 19.2 Å². The summed E-state index contributed by atoms with van der Waals surface area (Å²) in [5.41, 5.74) is 3.75. The molecule has 0 saturated heterocycles. The second-order valence-corrected chi connectivity index (χ2v) is 7.54. The molecule has 0 saturated carbocycles. The molecule has 170 valence electrons. The van der Waals surface area contributed by atoms with Gasteiger partial charge in [-0.05, 0) is 29.8 Å². The molecule has 0 unspecified atom stereocenters. The van der Waals surface area contributed by atoms with E-state index in [1.54, 1.807) is 53.2 Å². The first-order valence-electron chi connectivity index (χ1n) is 10.5. The van der Waals surface area contributed by atoms with E-state index in [1.165, 1.54) is 7.11 Å². The minimum Gasteiger partial charge on any atom is -0.465 e. The monoisotopic (exact) mass is 457 g/mol. The Kier molecular flexibility index (Phi) is 5.56. The smallest absolute Gasteiger partial charge is 0.337 e. The van der Waals surface area contributed by atoms with Crippen LogP contribution in [0.5, 0.6) is 0 Å². The van der Waals surface area contributed by atoms with Crippen molar-refractivity contribution in [3.8, 4) is 0 Å². The van der Waals surface area contributed by atoms with E-state index in [1.807, 2.05) is 24.3 Å². The normalized spacial score (nSPS) is 11.7. The number of aromatic amines is 1. The summed E-state index contributed by atoms with van der Waals surface area (Å²) in [6, 6.07) is 14.3. The number of ether oxygens (including phenoxy) is 2. The lowest BCUT2D eigenvalue weighted by Gasteiger charge is -2.00. The first-order chi connectivity index (χ1) is 16.6. The predicted molar refractivity (Wildman–Crippen MR) is 126 cm³/mol.